The molecule has 0 radical (unpaired) electrons. The molecule has 1 fully saturated rings. The van der Waals surface area contributed by atoms with E-state index in [9.17, 15) is 26.4 Å². The minimum Gasteiger partial charge on any atom is -0.480 e. The van der Waals surface area contributed by atoms with Crippen LogP contribution in [0.3, 0.4) is 0 Å². The van der Waals surface area contributed by atoms with Crippen LogP contribution in [0.15, 0.2) is 23.1 Å². The Morgan fingerprint density at radius 3 is 2.50 bits per heavy atom. The van der Waals surface area contributed by atoms with Crippen molar-refractivity contribution in [1.82, 2.24) is 4.31 Å². The highest BCUT2D eigenvalue weighted by molar-refractivity contribution is 7.89. The first-order valence-corrected chi connectivity index (χ1v) is 7.91. The van der Waals surface area contributed by atoms with Crippen molar-refractivity contribution in [1.29, 1.82) is 0 Å². The summed E-state index contributed by atoms with van der Waals surface area (Å²) in [7, 11) is -4.13. The van der Waals surface area contributed by atoms with Crippen molar-refractivity contribution in [2.24, 2.45) is 0 Å². The lowest BCUT2D eigenvalue weighted by Gasteiger charge is -2.21. The standard InChI is InChI=1S/C13H14F3NO4S/c1-8-7-9(4-5-10(8)13(14,15)16)22(20,21)17-6-2-3-11(17)12(18)19/h4-5,7,11H,2-3,6H2,1H3,(H,18,19)/t11-/m0/s1. The molecule has 1 aromatic carbocycles. The van der Waals surface area contributed by atoms with Crippen LogP contribution in [0.4, 0.5) is 13.2 Å². The Balaban J connectivity index is 2.43. The maximum Gasteiger partial charge on any atom is 0.416 e. The van der Waals surface area contributed by atoms with E-state index in [0.717, 1.165) is 16.4 Å². The number of carboxylic acids is 1. The third-order valence-corrected chi connectivity index (χ3v) is 5.50. The third kappa shape index (κ3) is 2.95. The van der Waals surface area contributed by atoms with Gasteiger partial charge in [0.05, 0.1) is 10.5 Å². The number of rotatable bonds is 3. The first-order valence-electron chi connectivity index (χ1n) is 6.47. The molecule has 1 aromatic rings. The second-order valence-corrected chi connectivity index (χ2v) is 6.98. The fourth-order valence-corrected chi connectivity index (χ4v) is 4.26. The average molecular weight is 337 g/mol. The number of aryl methyl sites for hydroxylation is 1. The molecule has 0 amide bonds. The molecule has 1 saturated heterocycles. The van der Waals surface area contributed by atoms with Gasteiger partial charge < -0.3 is 5.11 Å². The van der Waals surface area contributed by atoms with Crippen LogP contribution >= 0.6 is 0 Å². The van der Waals surface area contributed by atoms with Crippen LogP contribution in [0.5, 0.6) is 0 Å². The molecule has 1 aliphatic heterocycles. The quantitative estimate of drug-likeness (QED) is 0.918. The molecule has 1 heterocycles. The van der Waals surface area contributed by atoms with Crippen LogP contribution in [0, 0.1) is 6.92 Å². The Morgan fingerprint density at radius 2 is 2.00 bits per heavy atom. The number of carboxylic acid groups (broad SMARTS) is 1. The van der Waals surface area contributed by atoms with Crippen LogP contribution in [-0.2, 0) is 21.0 Å². The second kappa shape index (κ2) is 5.54. The van der Waals surface area contributed by atoms with E-state index in [0.29, 0.717) is 12.5 Å². The van der Waals surface area contributed by atoms with Gasteiger partial charge in [0.15, 0.2) is 0 Å². The molecule has 5 nitrogen and oxygen atoms in total. The molecule has 0 bridgehead atoms. The SMILES string of the molecule is Cc1cc(S(=O)(=O)N2CCC[C@H]2C(=O)O)ccc1C(F)(F)F. The van der Waals surface area contributed by atoms with Gasteiger partial charge in [-0.2, -0.15) is 17.5 Å². The minimum atomic E-state index is -4.57. The molecular formula is C13H14F3NO4S. The number of hydrogen-bond donors (Lipinski definition) is 1. The summed E-state index contributed by atoms with van der Waals surface area (Å²) in [5.41, 5.74) is -1.14. The predicted molar refractivity (Wildman–Crippen MR) is 70.7 cm³/mol. The van der Waals surface area contributed by atoms with Crippen molar-refractivity contribution in [3.05, 3.63) is 29.3 Å². The summed E-state index contributed by atoms with van der Waals surface area (Å²) in [4.78, 5) is 10.8. The highest BCUT2D eigenvalue weighted by atomic mass is 32.2. The molecule has 22 heavy (non-hydrogen) atoms. The lowest BCUT2D eigenvalue weighted by molar-refractivity contribution is -0.140. The predicted octanol–water partition coefficient (Wildman–Crippen LogP) is 2.25. The van der Waals surface area contributed by atoms with Gasteiger partial charge in [-0.15, -0.1) is 0 Å². The highest BCUT2D eigenvalue weighted by Gasteiger charge is 2.40. The number of benzene rings is 1. The second-order valence-electron chi connectivity index (χ2n) is 5.09. The van der Waals surface area contributed by atoms with Gasteiger partial charge in [-0.25, -0.2) is 8.42 Å². The van der Waals surface area contributed by atoms with Crippen LogP contribution in [0.1, 0.15) is 24.0 Å². The Hall–Kier alpha value is -1.61. The molecular weight excluding hydrogens is 323 g/mol. The summed E-state index contributed by atoms with van der Waals surface area (Å²) in [6, 6.07) is 1.32. The fourth-order valence-electron chi connectivity index (χ4n) is 2.52. The van der Waals surface area contributed by atoms with E-state index in [4.69, 9.17) is 5.11 Å². The highest BCUT2D eigenvalue weighted by Crippen LogP contribution is 2.34. The third-order valence-electron chi connectivity index (χ3n) is 3.60. The largest absolute Gasteiger partial charge is 0.480 e. The van der Waals surface area contributed by atoms with Gasteiger partial charge in [0.2, 0.25) is 10.0 Å². The van der Waals surface area contributed by atoms with Crippen molar-refractivity contribution < 1.29 is 31.5 Å². The van der Waals surface area contributed by atoms with Crippen molar-refractivity contribution in [2.75, 3.05) is 6.54 Å². The number of sulfonamides is 1. The zero-order chi connectivity index (χ0) is 16.7. The molecule has 1 aliphatic rings. The molecule has 9 heteroatoms. The normalized spacial score (nSPS) is 20.3. The number of nitrogens with zero attached hydrogens (tertiary/aromatic N) is 1. The molecule has 0 aliphatic carbocycles. The van der Waals surface area contributed by atoms with Gasteiger partial charge in [0, 0.05) is 6.54 Å². The van der Waals surface area contributed by atoms with Crippen LogP contribution < -0.4 is 0 Å². The lowest BCUT2D eigenvalue weighted by Crippen LogP contribution is -2.40. The molecule has 0 saturated carbocycles. The van der Waals surface area contributed by atoms with Crippen LogP contribution in [0.2, 0.25) is 0 Å². The van der Waals surface area contributed by atoms with E-state index in [2.05, 4.69) is 0 Å². The van der Waals surface area contributed by atoms with Crippen molar-refractivity contribution in [3.63, 3.8) is 0 Å². The summed E-state index contributed by atoms with van der Waals surface area (Å²) in [5, 5.41) is 9.04. The first kappa shape index (κ1) is 16.8. The maximum absolute atomic E-state index is 12.7. The fraction of sp³-hybridized carbons (Fsp3) is 0.462. The summed E-state index contributed by atoms with van der Waals surface area (Å²) in [6.07, 6.45) is -3.98. The summed E-state index contributed by atoms with van der Waals surface area (Å²) < 4.78 is 63.8. The van der Waals surface area contributed by atoms with Crippen LogP contribution in [0.25, 0.3) is 0 Å². The molecule has 1 N–H and O–H groups in total. The van der Waals surface area contributed by atoms with Gasteiger partial charge in [-0.1, -0.05) is 0 Å². The van der Waals surface area contributed by atoms with E-state index in [-0.39, 0.29) is 23.4 Å². The Kier molecular flexibility index (Phi) is 4.22. The van der Waals surface area contributed by atoms with E-state index in [1.807, 2.05) is 0 Å². The Bertz CT molecular complexity index is 700. The van der Waals surface area contributed by atoms with Crippen molar-refractivity contribution in [2.45, 2.75) is 36.9 Å². The minimum absolute atomic E-state index is 0.0410. The first-order chi connectivity index (χ1) is 10.0. The molecule has 0 spiro atoms. The molecule has 1 atom stereocenters. The van der Waals surface area contributed by atoms with Crippen molar-refractivity contribution in [3.8, 4) is 0 Å². The Labute approximate surface area is 125 Å². The maximum atomic E-state index is 12.7. The summed E-state index contributed by atoms with van der Waals surface area (Å²) in [6.45, 7) is 1.21. The molecule has 2 rings (SSSR count). The molecule has 0 unspecified atom stereocenters. The average Bonchev–Trinajstić information content (AvgIpc) is 2.86. The Morgan fingerprint density at radius 1 is 1.36 bits per heavy atom. The molecule has 122 valence electrons. The van der Waals surface area contributed by atoms with Gasteiger partial charge in [0.1, 0.15) is 6.04 Å². The zero-order valence-corrected chi connectivity index (χ0v) is 12.4. The smallest absolute Gasteiger partial charge is 0.416 e. The van der Waals surface area contributed by atoms with E-state index >= 15 is 0 Å². The zero-order valence-electron chi connectivity index (χ0n) is 11.6. The van der Waals surface area contributed by atoms with Gasteiger partial charge in [-0.05, 0) is 43.5 Å². The lowest BCUT2D eigenvalue weighted by atomic mass is 10.1. The van der Waals surface area contributed by atoms with Gasteiger partial charge in [0.25, 0.3) is 0 Å². The topological polar surface area (TPSA) is 74.7 Å². The number of hydrogen-bond acceptors (Lipinski definition) is 3. The van der Waals surface area contributed by atoms with Gasteiger partial charge >= 0.3 is 12.1 Å². The number of aliphatic carboxylic acids is 1. The summed E-state index contributed by atoms with van der Waals surface area (Å²) in [5.74, 6) is -1.26. The number of alkyl halides is 3. The monoisotopic (exact) mass is 337 g/mol. The van der Waals surface area contributed by atoms with Crippen LogP contribution in [-0.4, -0.2) is 36.4 Å². The van der Waals surface area contributed by atoms with E-state index in [1.54, 1.807) is 0 Å². The summed E-state index contributed by atoms with van der Waals surface area (Å²) >= 11 is 0. The van der Waals surface area contributed by atoms with E-state index in [1.165, 1.54) is 6.92 Å². The number of carbonyl (C=O) groups is 1. The molecule has 0 aromatic heterocycles. The van der Waals surface area contributed by atoms with Crippen molar-refractivity contribution >= 4 is 16.0 Å². The van der Waals surface area contributed by atoms with E-state index < -0.39 is 33.8 Å². The van der Waals surface area contributed by atoms with Gasteiger partial charge in [-0.3, -0.25) is 4.79 Å². The number of halogens is 3.